The number of rotatable bonds is 5. The zero-order chi connectivity index (χ0) is 43.1. The molecule has 0 saturated heterocycles. The highest BCUT2D eigenvalue weighted by atomic mass is 16.3. The van der Waals surface area contributed by atoms with E-state index < -0.39 is 5.41 Å². The number of hydrogen-bond donors (Lipinski definition) is 1. The maximum atomic E-state index is 9.98. The van der Waals surface area contributed by atoms with Gasteiger partial charge in [-0.3, -0.25) is 0 Å². The second-order valence-electron chi connectivity index (χ2n) is 17.0. The number of para-hydroxylation sites is 5. The summed E-state index contributed by atoms with van der Waals surface area (Å²) in [6.45, 7) is 0. The van der Waals surface area contributed by atoms with Crippen LogP contribution in [0.2, 0.25) is 0 Å². The summed E-state index contributed by atoms with van der Waals surface area (Å²) in [6.07, 6.45) is 0. The van der Waals surface area contributed by atoms with Gasteiger partial charge in [0.1, 0.15) is 16.9 Å². The Bertz CT molecular complexity index is 3560. The van der Waals surface area contributed by atoms with E-state index in [-0.39, 0.29) is 5.75 Å². The standard InChI is InChI=1S/C61H40N2O2/c64-47-36-29-42(30-37-47)41-25-32-45(33-26-41)63-57-23-10-7-20-53(57)61(54-39-44(31-38-58(54)63)40-13-2-1-3-14-40)51-18-5-8-21-55(51)62(56-22-9-6-19-52(56)61)46-34-27-43(28-35-46)48-16-12-17-50-49-15-4-11-24-59(49)65-60(48)50/h1-39,64H. The molecule has 0 unspecified atom stereocenters. The van der Waals surface area contributed by atoms with E-state index in [4.69, 9.17) is 4.42 Å². The Labute approximate surface area is 377 Å². The van der Waals surface area contributed by atoms with Gasteiger partial charge in [-0.05, 0) is 123 Å². The SMILES string of the molecule is Oc1ccc(-c2ccc(N3c4ccccc4C4(c5ccccc5N(c5ccc(-c6cccc7c6oc6ccccc67)cc5)c5ccccc54)c4cc(-c5ccccc5)ccc43)cc2)cc1. The van der Waals surface area contributed by atoms with Crippen molar-refractivity contribution >= 4 is 56.1 Å². The first-order valence-corrected chi connectivity index (χ1v) is 22.1. The largest absolute Gasteiger partial charge is 0.508 e. The lowest BCUT2D eigenvalue weighted by molar-refractivity contribution is 0.475. The molecule has 0 radical (unpaired) electrons. The van der Waals surface area contributed by atoms with E-state index in [0.717, 1.165) is 83.9 Å². The molecule has 0 bridgehead atoms. The van der Waals surface area contributed by atoms with E-state index in [0.29, 0.717) is 0 Å². The first-order chi connectivity index (χ1) is 32.1. The number of furan rings is 1. The van der Waals surface area contributed by atoms with Crippen molar-refractivity contribution in [1.29, 1.82) is 0 Å². The third-order valence-corrected chi connectivity index (χ3v) is 13.6. The van der Waals surface area contributed by atoms with Crippen LogP contribution in [0.4, 0.5) is 34.1 Å². The predicted octanol–water partition coefficient (Wildman–Crippen LogP) is 16.2. The van der Waals surface area contributed by atoms with Crippen LogP contribution in [-0.2, 0) is 5.41 Å². The lowest BCUT2D eigenvalue weighted by Gasteiger charge is -2.51. The molecule has 2 aliphatic rings. The van der Waals surface area contributed by atoms with Crippen LogP contribution in [0.15, 0.2) is 241 Å². The summed E-state index contributed by atoms with van der Waals surface area (Å²) in [4.78, 5) is 4.88. The van der Waals surface area contributed by atoms with Crippen molar-refractivity contribution in [3.8, 4) is 39.1 Å². The molecule has 0 atom stereocenters. The molecule has 10 aromatic carbocycles. The van der Waals surface area contributed by atoms with Gasteiger partial charge in [0.25, 0.3) is 0 Å². The van der Waals surface area contributed by atoms with Crippen LogP contribution in [-0.4, -0.2) is 5.11 Å². The highest BCUT2D eigenvalue weighted by Gasteiger charge is 2.52. The van der Waals surface area contributed by atoms with Crippen LogP contribution in [0.3, 0.4) is 0 Å². The minimum atomic E-state index is -0.681. The molecule has 0 saturated carbocycles. The molecule has 3 heterocycles. The smallest absolute Gasteiger partial charge is 0.143 e. The van der Waals surface area contributed by atoms with Crippen LogP contribution < -0.4 is 9.80 Å². The average Bonchev–Trinajstić information content (AvgIpc) is 3.76. The zero-order valence-corrected chi connectivity index (χ0v) is 35.3. The lowest BCUT2D eigenvalue weighted by atomic mass is 9.60. The topological polar surface area (TPSA) is 39.9 Å². The minimum absolute atomic E-state index is 0.260. The summed E-state index contributed by atoms with van der Waals surface area (Å²) in [5, 5.41) is 12.2. The van der Waals surface area contributed by atoms with E-state index in [9.17, 15) is 5.11 Å². The number of phenolic OH excluding ortho intramolecular Hbond substituents is 1. The Morgan fingerprint density at radius 3 is 1.42 bits per heavy atom. The molecular weight excluding hydrogens is 793 g/mol. The molecular formula is C61H40N2O2. The maximum Gasteiger partial charge on any atom is 0.143 e. The number of aromatic hydroxyl groups is 1. The summed E-state index contributed by atoms with van der Waals surface area (Å²) in [6, 6.07) is 84.6. The van der Waals surface area contributed by atoms with Gasteiger partial charge in [0.05, 0.1) is 28.2 Å². The van der Waals surface area contributed by atoms with E-state index >= 15 is 0 Å². The van der Waals surface area contributed by atoms with Gasteiger partial charge in [-0.25, -0.2) is 0 Å². The molecule has 1 aromatic heterocycles. The van der Waals surface area contributed by atoms with E-state index in [1.165, 1.54) is 27.8 Å². The summed E-state index contributed by atoms with van der Waals surface area (Å²) >= 11 is 0. The number of benzene rings is 10. The molecule has 0 fully saturated rings. The molecule has 0 aliphatic carbocycles. The highest BCUT2D eigenvalue weighted by Crippen LogP contribution is 2.64. The number of hydrogen-bond acceptors (Lipinski definition) is 4. The summed E-state index contributed by atoms with van der Waals surface area (Å²) < 4.78 is 6.48. The summed E-state index contributed by atoms with van der Waals surface area (Å²) in [5.74, 6) is 0.260. The normalized spacial score (nSPS) is 13.4. The van der Waals surface area contributed by atoms with Gasteiger partial charge in [-0.1, -0.05) is 164 Å². The van der Waals surface area contributed by atoms with Gasteiger partial charge in [-0.15, -0.1) is 0 Å². The minimum Gasteiger partial charge on any atom is -0.508 e. The Morgan fingerprint density at radius 2 is 0.800 bits per heavy atom. The number of phenols is 1. The molecule has 2 aliphatic heterocycles. The Balaban J connectivity index is 1.01. The van der Waals surface area contributed by atoms with Crippen molar-refractivity contribution in [2.24, 2.45) is 0 Å². The third kappa shape index (κ3) is 5.57. The van der Waals surface area contributed by atoms with Crippen molar-refractivity contribution in [1.82, 2.24) is 0 Å². The van der Waals surface area contributed by atoms with Crippen LogP contribution in [0.5, 0.6) is 5.75 Å². The molecule has 4 nitrogen and oxygen atoms in total. The number of anilines is 6. The van der Waals surface area contributed by atoms with Crippen molar-refractivity contribution in [3.63, 3.8) is 0 Å². The highest BCUT2D eigenvalue weighted by molar-refractivity contribution is 6.09. The molecule has 65 heavy (non-hydrogen) atoms. The summed E-state index contributed by atoms with van der Waals surface area (Å²) in [7, 11) is 0. The zero-order valence-electron chi connectivity index (χ0n) is 35.3. The molecule has 13 rings (SSSR count). The van der Waals surface area contributed by atoms with E-state index in [1.807, 2.05) is 24.3 Å². The lowest BCUT2D eigenvalue weighted by Crippen LogP contribution is -2.42. The second-order valence-corrected chi connectivity index (χ2v) is 17.0. The molecule has 306 valence electrons. The van der Waals surface area contributed by atoms with Gasteiger partial charge >= 0.3 is 0 Å². The van der Waals surface area contributed by atoms with Gasteiger partial charge in [0.15, 0.2) is 0 Å². The molecule has 4 heteroatoms. The maximum absolute atomic E-state index is 9.98. The van der Waals surface area contributed by atoms with E-state index in [1.54, 1.807) is 12.1 Å². The van der Waals surface area contributed by atoms with Crippen molar-refractivity contribution in [2.45, 2.75) is 5.41 Å². The van der Waals surface area contributed by atoms with Gasteiger partial charge in [0, 0.05) is 27.7 Å². The van der Waals surface area contributed by atoms with Crippen molar-refractivity contribution < 1.29 is 9.52 Å². The van der Waals surface area contributed by atoms with Gasteiger partial charge in [-0.2, -0.15) is 0 Å². The fourth-order valence-electron chi connectivity index (χ4n) is 10.7. The van der Waals surface area contributed by atoms with Crippen LogP contribution in [0.25, 0.3) is 55.3 Å². The summed E-state index contributed by atoms with van der Waals surface area (Å²) in [5.41, 5.74) is 19.3. The van der Waals surface area contributed by atoms with Crippen LogP contribution in [0.1, 0.15) is 22.3 Å². The third-order valence-electron chi connectivity index (χ3n) is 13.6. The van der Waals surface area contributed by atoms with Crippen molar-refractivity contribution in [2.75, 3.05) is 9.80 Å². The van der Waals surface area contributed by atoms with Crippen LogP contribution >= 0.6 is 0 Å². The number of nitrogens with zero attached hydrogens (tertiary/aromatic N) is 2. The van der Waals surface area contributed by atoms with E-state index in [2.05, 4.69) is 210 Å². The molecule has 1 spiro atoms. The second kappa shape index (κ2) is 14.5. The van der Waals surface area contributed by atoms with Crippen molar-refractivity contribution in [3.05, 3.63) is 259 Å². The first kappa shape index (κ1) is 37.0. The predicted molar refractivity (Wildman–Crippen MR) is 266 cm³/mol. The Hall–Kier alpha value is -8.60. The van der Waals surface area contributed by atoms with Crippen LogP contribution in [0, 0.1) is 0 Å². The number of fused-ring (bicyclic) bond motifs is 11. The average molecular weight is 833 g/mol. The van der Waals surface area contributed by atoms with Gasteiger partial charge < -0.3 is 19.3 Å². The monoisotopic (exact) mass is 832 g/mol. The molecule has 11 aromatic rings. The molecule has 1 N–H and O–H groups in total. The Morgan fingerprint density at radius 1 is 0.338 bits per heavy atom. The fraction of sp³-hybridized carbons (Fsp3) is 0.0164. The fourth-order valence-corrected chi connectivity index (χ4v) is 10.7. The Kier molecular flexibility index (Phi) is 8.24. The van der Waals surface area contributed by atoms with Gasteiger partial charge in [0.2, 0.25) is 0 Å². The first-order valence-electron chi connectivity index (χ1n) is 22.1. The quantitative estimate of drug-likeness (QED) is 0.188. The molecule has 0 amide bonds.